The minimum Gasteiger partial charge on any atom is -0.468 e. The number of carbonyl (C=O) groups excluding carboxylic acids is 1. The van der Waals surface area contributed by atoms with Gasteiger partial charge in [0.25, 0.3) is 0 Å². The van der Waals surface area contributed by atoms with Crippen molar-refractivity contribution in [3.63, 3.8) is 0 Å². The van der Waals surface area contributed by atoms with Gasteiger partial charge in [-0.05, 0) is 12.6 Å². The standard InChI is InChI=1S/C12H15F2NO2/c1-3-15(8-11(16)17-2)7-9-5-4-6-10(13)12(9)14/h4-6H,3,7-8H2,1-2H3. The topological polar surface area (TPSA) is 29.5 Å². The zero-order valence-electron chi connectivity index (χ0n) is 9.87. The molecule has 0 heterocycles. The Morgan fingerprint density at radius 3 is 2.71 bits per heavy atom. The van der Waals surface area contributed by atoms with Crippen LogP contribution in [-0.4, -0.2) is 31.1 Å². The molecular weight excluding hydrogens is 228 g/mol. The first kappa shape index (κ1) is 13.6. The van der Waals surface area contributed by atoms with Gasteiger partial charge in [0.05, 0.1) is 13.7 Å². The van der Waals surface area contributed by atoms with Crippen LogP contribution in [0.5, 0.6) is 0 Å². The van der Waals surface area contributed by atoms with Crippen molar-refractivity contribution in [2.75, 3.05) is 20.2 Å². The van der Waals surface area contributed by atoms with Crippen LogP contribution < -0.4 is 0 Å². The van der Waals surface area contributed by atoms with Gasteiger partial charge in [-0.3, -0.25) is 9.69 Å². The number of ether oxygens (including phenoxy) is 1. The number of carbonyl (C=O) groups is 1. The fourth-order valence-electron chi connectivity index (χ4n) is 1.44. The number of esters is 1. The Labute approximate surface area is 99.0 Å². The minimum atomic E-state index is -0.878. The molecule has 0 saturated heterocycles. The first-order valence-corrected chi connectivity index (χ1v) is 5.30. The molecule has 0 aliphatic carbocycles. The number of methoxy groups -OCH3 is 1. The SMILES string of the molecule is CCN(CC(=O)OC)Cc1cccc(F)c1F. The van der Waals surface area contributed by atoms with Crippen LogP contribution in [0.2, 0.25) is 0 Å². The summed E-state index contributed by atoms with van der Waals surface area (Å²) in [5, 5.41) is 0. The average molecular weight is 243 g/mol. The lowest BCUT2D eigenvalue weighted by Crippen LogP contribution is -2.30. The minimum absolute atomic E-state index is 0.0585. The third kappa shape index (κ3) is 3.78. The molecule has 0 aromatic heterocycles. The van der Waals surface area contributed by atoms with Gasteiger partial charge in [-0.15, -0.1) is 0 Å². The van der Waals surface area contributed by atoms with Crippen LogP contribution in [0, 0.1) is 11.6 Å². The lowest BCUT2D eigenvalue weighted by atomic mass is 10.2. The summed E-state index contributed by atoms with van der Waals surface area (Å²) in [6.45, 7) is 2.61. The maximum absolute atomic E-state index is 13.4. The number of hydrogen-bond acceptors (Lipinski definition) is 3. The van der Waals surface area contributed by atoms with E-state index in [1.165, 1.54) is 19.2 Å². The van der Waals surface area contributed by atoms with Crippen molar-refractivity contribution < 1.29 is 18.3 Å². The van der Waals surface area contributed by atoms with Crippen molar-refractivity contribution in [1.29, 1.82) is 0 Å². The summed E-state index contributed by atoms with van der Waals surface area (Å²) in [6.07, 6.45) is 0. The predicted molar refractivity (Wildman–Crippen MR) is 59.3 cm³/mol. The van der Waals surface area contributed by atoms with E-state index in [0.717, 1.165) is 6.07 Å². The molecule has 0 radical (unpaired) electrons. The van der Waals surface area contributed by atoms with Crippen molar-refractivity contribution in [3.8, 4) is 0 Å². The van der Waals surface area contributed by atoms with Crippen molar-refractivity contribution in [2.24, 2.45) is 0 Å². The largest absolute Gasteiger partial charge is 0.468 e. The maximum atomic E-state index is 13.4. The Balaban J connectivity index is 2.73. The molecule has 0 fully saturated rings. The van der Waals surface area contributed by atoms with E-state index in [4.69, 9.17) is 0 Å². The third-order valence-electron chi connectivity index (χ3n) is 2.45. The van der Waals surface area contributed by atoms with Gasteiger partial charge in [0.15, 0.2) is 11.6 Å². The predicted octanol–water partition coefficient (Wildman–Crippen LogP) is 1.96. The molecule has 0 atom stereocenters. The monoisotopic (exact) mass is 243 g/mol. The number of hydrogen-bond donors (Lipinski definition) is 0. The van der Waals surface area contributed by atoms with Crippen molar-refractivity contribution in [2.45, 2.75) is 13.5 Å². The molecule has 0 bridgehead atoms. The van der Waals surface area contributed by atoms with E-state index < -0.39 is 17.6 Å². The Morgan fingerprint density at radius 2 is 2.12 bits per heavy atom. The van der Waals surface area contributed by atoms with E-state index in [0.29, 0.717) is 6.54 Å². The van der Waals surface area contributed by atoms with Gasteiger partial charge in [0, 0.05) is 12.1 Å². The Kier molecular flexibility index (Phi) is 5.03. The van der Waals surface area contributed by atoms with Crippen LogP contribution in [0.3, 0.4) is 0 Å². The molecule has 0 saturated carbocycles. The van der Waals surface area contributed by atoms with E-state index in [1.54, 1.807) is 4.90 Å². The average Bonchev–Trinajstić information content (AvgIpc) is 2.33. The molecular formula is C12H15F2NO2. The molecule has 0 N–H and O–H groups in total. The normalized spacial score (nSPS) is 10.6. The zero-order chi connectivity index (χ0) is 12.8. The van der Waals surface area contributed by atoms with Crippen LogP contribution >= 0.6 is 0 Å². The van der Waals surface area contributed by atoms with Crippen LogP contribution in [0.1, 0.15) is 12.5 Å². The van der Waals surface area contributed by atoms with Crippen LogP contribution in [-0.2, 0) is 16.1 Å². The van der Waals surface area contributed by atoms with Gasteiger partial charge in [0.2, 0.25) is 0 Å². The second kappa shape index (κ2) is 6.30. The molecule has 17 heavy (non-hydrogen) atoms. The van der Waals surface area contributed by atoms with Gasteiger partial charge < -0.3 is 4.74 Å². The highest BCUT2D eigenvalue weighted by molar-refractivity contribution is 5.71. The van der Waals surface area contributed by atoms with Crippen LogP contribution in [0.15, 0.2) is 18.2 Å². The first-order chi connectivity index (χ1) is 8.08. The highest BCUT2D eigenvalue weighted by atomic mass is 19.2. The fourth-order valence-corrected chi connectivity index (χ4v) is 1.44. The number of nitrogens with zero attached hydrogens (tertiary/aromatic N) is 1. The fraction of sp³-hybridized carbons (Fsp3) is 0.417. The molecule has 1 aromatic rings. The summed E-state index contributed by atoms with van der Waals surface area (Å²) in [5.74, 6) is -2.14. The lowest BCUT2D eigenvalue weighted by molar-refractivity contribution is -0.142. The second-order valence-corrected chi connectivity index (χ2v) is 3.59. The number of likely N-dealkylation sites (N-methyl/N-ethyl adjacent to an activating group) is 1. The Hall–Kier alpha value is -1.49. The van der Waals surface area contributed by atoms with Gasteiger partial charge in [-0.1, -0.05) is 19.1 Å². The highest BCUT2D eigenvalue weighted by Crippen LogP contribution is 2.13. The summed E-state index contributed by atoms with van der Waals surface area (Å²) in [6, 6.07) is 4.01. The molecule has 0 spiro atoms. The summed E-state index contributed by atoms with van der Waals surface area (Å²) in [4.78, 5) is 12.8. The lowest BCUT2D eigenvalue weighted by Gasteiger charge is -2.19. The number of halogens is 2. The van der Waals surface area contributed by atoms with Gasteiger partial charge in [-0.2, -0.15) is 0 Å². The van der Waals surface area contributed by atoms with E-state index in [9.17, 15) is 13.6 Å². The van der Waals surface area contributed by atoms with Crippen molar-refractivity contribution >= 4 is 5.97 Å². The molecule has 0 aliphatic rings. The summed E-state index contributed by atoms with van der Waals surface area (Å²) in [5.41, 5.74) is 0.232. The molecule has 0 unspecified atom stereocenters. The smallest absolute Gasteiger partial charge is 0.319 e. The van der Waals surface area contributed by atoms with Gasteiger partial charge >= 0.3 is 5.97 Å². The second-order valence-electron chi connectivity index (χ2n) is 3.59. The highest BCUT2D eigenvalue weighted by Gasteiger charge is 2.13. The zero-order valence-corrected chi connectivity index (χ0v) is 9.87. The summed E-state index contributed by atoms with van der Waals surface area (Å²) >= 11 is 0. The van der Waals surface area contributed by atoms with Crippen LogP contribution in [0.25, 0.3) is 0 Å². The van der Waals surface area contributed by atoms with E-state index in [-0.39, 0.29) is 18.7 Å². The number of benzene rings is 1. The van der Waals surface area contributed by atoms with Gasteiger partial charge in [0.1, 0.15) is 0 Å². The molecule has 1 rings (SSSR count). The molecule has 94 valence electrons. The van der Waals surface area contributed by atoms with Crippen molar-refractivity contribution in [1.82, 2.24) is 4.90 Å². The Morgan fingerprint density at radius 1 is 1.41 bits per heavy atom. The van der Waals surface area contributed by atoms with Crippen molar-refractivity contribution in [3.05, 3.63) is 35.4 Å². The number of rotatable bonds is 5. The van der Waals surface area contributed by atoms with Gasteiger partial charge in [-0.25, -0.2) is 8.78 Å². The Bertz CT molecular complexity index is 396. The quantitative estimate of drug-likeness (QED) is 0.740. The van der Waals surface area contributed by atoms with E-state index in [1.807, 2.05) is 6.92 Å². The molecule has 5 heteroatoms. The van der Waals surface area contributed by atoms with E-state index >= 15 is 0 Å². The molecule has 0 aliphatic heterocycles. The third-order valence-corrected chi connectivity index (χ3v) is 2.45. The molecule has 3 nitrogen and oxygen atoms in total. The molecule has 0 amide bonds. The maximum Gasteiger partial charge on any atom is 0.319 e. The first-order valence-electron chi connectivity index (χ1n) is 5.30. The summed E-state index contributed by atoms with van der Waals surface area (Å²) in [7, 11) is 1.29. The molecule has 1 aromatic carbocycles. The van der Waals surface area contributed by atoms with Crippen LogP contribution in [0.4, 0.5) is 8.78 Å². The van der Waals surface area contributed by atoms with E-state index in [2.05, 4.69) is 4.74 Å². The summed E-state index contributed by atoms with van der Waals surface area (Å²) < 4.78 is 30.9.